The lowest BCUT2D eigenvalue weighted by Crippen LogP contribution is -2.56. The first-order chi connectivity index (χ1) is 20.8. The summed E-state index contributed by atoms with van der Waals surface area (Å²) in [4.78, 5) is 55.7. The highest BCUT2D eigenvalue weighted by atomic mass is 16.5. The molecule has 1 saturated heterocycles. The van der Waals surface area contributed by atoms with E-state index in [-0.39, 0.29) is 48.6 Å². The average molecular weight is 619 g/mol. The van der Waals surface area contributed by atoms with Gasteiger partial charge in [0.15, 0.2) is 0 Å². The molecule has 1 aliphatic heterocycles. The molecule has 44 heavy (non-hydrogen) atoms. The minimum Gasteiger partial charge on any atom is -0.480 e. The van der Waals surface area contributed by atoms with E-state index in [1.807, 2.05) is 58.0 Å². The molecule has 1 aromatic rings. The molecule has 8 atom stereocenters. The molecule has 4 N–H and O–H groups in total. The summed E-state index contributed by atoms with van der Waals surface area (Å²) in [5.41, 5.74) is 7.00. The van der Waals surface area contributed by atoms with Crippen molar-refractivity contribution in [3.8, 4) is 0 Å². The lowest BCUT2D eigenvalue weighted by molar-refractivity contribution is -0.147. The molecule has 11 heteroatoms. The predicted octanol–water partition coefficient (Wildman–Crippen LogP) is 2.70. The number of carbonyl (C=O) groups excluding carboxylic acids is 3. The fourth-order valence-corrected chi connectivity index (χ4v) is 6.18. The van der Waals surface area contributed by atoms with Gasteiger partial charge in [0.1, 0.15) is 6.04 Å². The summed E-state index contributed by atoms with van der Waals surface area (Å²) in [6.45, 7) is 10.1. The minimum absolute atomic E-state index is 0.0372. The molecule has 3 amide bonds. The SMILES string of the molecule is CC[C@H](C)[C@@H]([C@H](CC(=O)N1CCCC1[C@H](OC)[C@@H](C)C(=O)N[C@@H](Cc1ccccc1)C(=O)O)OC)N(C)C(=O)[C@@H](N)C(C)C. The van der Waals surface area contributed by atoms with E-state index in [1.54, 1.807) is 30.9 Å². The van der Waals surface area contributed by atoms with Crippen LogP contribution in [0.3, 0.4) is 0 Å². The Balaban J connectivity index is 2.20. The second-order valence-electron chi connectivity index (χ2n) is 12.4. The molecule has 0 aromatic heterocycles. The Kier molecular flexibility index (Phi) is 14.8. The largest absolute Gasteiger partial charge is 0.480 e. The molecule has 2 rings (SSSR count). The van der Waals surface area contributed by atoms with E-state index in [0.29, 0.717) is 13.0 Å². The topological polar surface area (TPSA) is 152 Å². The Morgan fingerprint density at radius 3 is 2.25 bits per heavy atom. The normalized spacial score (nSPS) is 19.9. The zero-order chi connectivity index (χ0) is 33.1. The fourth-order valence-electron chi connectivity index (χ4n) is 6.18. The fraction of sp³-hybridized carbons (Fsp3) is 0.697. The molecule has 0 radical (unpaired) electrons. The molecule has 1 aliphatic rings. The number of nitrogens with zero attached hydrogens (tertiary/aromatic N) is 2. The Labute approximate surface area is 262 Å². The predicted molar refractivity (Wildman–Crippen MR) is 169 cm³/mol. The van der Waals surface area contributed by atoms with Crippen LogP contribution in [0.15, 0.2) is 30.3 Å². The third-order valence-electron chi connectivity index (χ3n) is 9.16. The molecule has 0 bridgehead atoms. The molecule has 1 fully saturated rings. The first-order valence-corrected chi connectivity index (χ1v) is 15.7. The van der Waals surface area contributed by atoms with Gasteiger partial charge in [0.05, 0.1) is 42.7 Å². The van der Waals surface area contributed by atoms with Gasteiger partial charge in [-0.3, -0.25) is 14.4 Å². The summed E-state index contributed by atoms with van der Waals surface area (Å²) in [7, 11) is 4.78. The Morgan fingerprint density at radius 2 is 1.73 bits per heavy atom. The van der Waals surface area contributed by atoms with Crippen LogP contribution in [-0.2, 0) is 35.1 Å². The van der Waals surface area contributed by atoms with Gasteiger partial charge in [0.2, 0.25) is 17.7 Å². The van der Waals surface area contributed by atoms with Crippen LogP contribution in [-0.4, -0.2) is 103 Å². The standard InChI is InChI=1S/C33H54N4O7/c1-9-21(4)29(36(6)32(40)28(34)20(2)3)26(43-7)19-27(38)37-17-13-16-25(37)30(44-8)22(5)31(39)35-24(33(41)42)18-23-14-11-10-12-15-23/h10-12,14-15,20-22,24-26,28-30H,9,13,16-19,34H2,1-8H3,(H,35,39)(H,41,42)/t21-,22+,24-,25?,26-,28-,29-,30+/m0/s1. The summed E-state index contributed by atoms with van der Waals surface area (Å²) < 4.78 is 11.7. The molecule has 1 aromatic carbocycles. The second-order valence-corrected chi connectivity index (χ2v) is 12.4. The number of likely N-dealkylation sites (N-methyl/N-ethyl adjacent to an activating group) is 1. The Bertz CT molecular complexity index is 1090. The van der Waals surface area contributed by atoms with Crippen molar-refractivity contribution in [2.24, 2.45) is 23.5 Å². The molecule has 11 nitrogen and oxygen atoms in total. The minimum atomic E-state index is -1.12. The van der Waals surface area contributed by atoms with Gasteiger partial charge in [-0.1, -0.05) is 71.4 Å². The van der Waals surface area contributed by atoms with E-state index in [1.165, 1.54) is 7.11 Å². The maximum Gasteiger partial charge on any atom is 0.326 e. The molecule has 0 saturated carbocycles. The maximum atomic E-state index is 13.8. The molecular formula is C33H54N4O7. The Morgan fingerprint density at radius 1 is 1.09 bits per heavy atom. The number of amides is 3. The van der Waals surface area contributed by atoms with E-state index in [0.717, 1.165) is 18.4 Å². The van der Waals surface area contributed by atoms with Crippen LogP contribution in [0.1, 0.15) is 65.9 Å². The molecule has 0 aliphatic carbocycles. The maximum absolute atomic E-state index is 13.8. The van der Waals surface area contributed by atoms with Gasteiger partial charge in [-0.25, -0.2) is 4.79 Å². The third kappa shape index (κ3) is 9.49. The number of nitrogens with one attached hydrogen (secondary N) is 1. The van der Waals surface area contributed by atoms with Crippen molar-refractivity contribution in [2.45, 2.75) is 103 Å². The van der Waals surface area contributed by atoms with Crippen molar-refractivity contribution >= 4 is 23.7 Å². The van der Waals surface area contributed by atoms with Crippen molar-refractivity contribution in [1.29, 1.82) is 0 Å². The van der Waals surface area contributed by atoms with Crippen LogP contribution >= 0.6 is 0 Å². The van der Waals surface area contributed by atoms with Gasteiger partial charge < -0.3 is 35.4 Å². The smallest absolute Gasteiger partial charge is 0.326 e. The monoisotopic (exact) mass is 618 g/mol. The van der Waals surface area contributed by atoms with Crippen molar-refractivity contribution in [2.75, 3.05) is 27.8 Å². The van der Waals surface area contributed by atoms with Gasteiger partial charge in [0, 0.05) is 34.2 Å². The summed E-state index contributed by atoms with van der Waals surface area (Å²) in [5.74, 6) is -2.63. The van der Waals surface area contributed by atoms with E-state index in [4.69, 9.17) is 15.2 Å². The van der Waals surface area contributed by atoms with E-state index in [2.05, 4.69) is 5.32 Å². The Hall–Kier alpha value is -3.02. The molecule has 1 heterocycles. The van der Waals surface area contributed by atoms with Gasteiger partial charge in [-0.15, -0.1) is 0 Å². The van der Waals surface area contributed by atoms with Crippen LogP contribution < -0.4 is 11.1 Å². The lowest BCUT2D eigenvalue weighted by Gasteiger charge is -2.40. The highest BCUT2D eigenvalue weighted by molar-refractivity contribution is 5.86. The van der Waals surface area contributed by atoms with Crippen LogP contribution in [0, 0.1) is 17.8 Å². The number of benzene rings is 1. The quantitative estimate of drug-likeness (QED) is 0.241. The summed E-state index contributed by atoms with van der Waals surface area (Å²) in [6.07, 6.45) is 1.14. The number of hydrogen-bond acceptors (Lipinski definition) is 7. The van der Waals surface area contributed by atoms with Crippen molar-refractivity contribution in [1.82, 2.24) is 15.1 Å². The average Bonchev–Trinajstić information content (AvgIpc) is 3.49. The van der Waals surface area contributed by atoms with Crippen molar-refractivity contribution in [3.05, 3.63) is 35.9 Å². The van der Waals surface area contributed by atoms with Crippen LogP contribution in [0.5, 0.6) is 0 Å². The highest BCUT2D eigenvalue weighted by Gasteiger charge is 2.42. The number of aliphatic carboxylic acids is 1. The van der Waals surface area contributed by atoms with Gasteiger partial charge >= 0.3 is 5.97 Å². The van der Waals surface area contributed by atoms with E-state index >= 15 is 0 Å². The summed E-state index contributed by atoms with van der Waals surface area (Å²) in [6, 6.07) is 6.61. The van der Waals surface area contributed by atoms with Crippen LogP contribution in [0.4, 0.5) is 0 Å². The third-order valence-corrected chi connectivity index (χ3v) is 9.16. The number of hydrogen-bond donors (Lipinski definition) is 3. The number of rotatable bonds is 17. The van der Waals surface area contributed by atoms with Crippen LogP contribution in [0.2, 0.25) is 0 Å². The number of carbonyl (C=O) groups is 4. The molecular weight excluding hydrogens is 564 g/mol. The zero-order valence-corrected chi connectivity index (χ0v) is 27.7. The number of nitrogens with two attached hydrogens (primary N) is 1. The molecule has 0 spiro atoms. The first kappa shape index (κ1) is 37.2. The van der Waals surface area contributed by atoms with E-state index < -0.39 is 42.1 Å². The van der Waals surface area contributed by atoms with Crippen molar-refractivity contribution < 1.29 is 33.8 Å². The lowest BCUT2D eigenvalue weighted by atomic mass is 9.89. The second kappa shape index (κ2) is 17.5. The number of carboxylic acid groups (broad SMARTS) is 1. The number of carboxylic acids is 1. The molecule has 248 valence electrons. The van der Waals surface area contributed by atoms with E-state index in [9.17, 15) is 24.3 Å². The molecule has 1 unspecified atom stereocenters. The number of likely N-dealkylation sites (tertiary alicyclic amines) is 1. The summed E-state index contributed by atoms with van der Waals surface area (Å²) in [5, 5.41) is 12.5. The number of methoxy groups -OCH3 is 2. The van der Waals surface area contributed by atoms with Crippen molar-refractivity contribution in [3.63, 3.8) is 0 Å². The summed E-state index contributed by atoms with van der Waals surface area (Å²) >= 11 is 0. The van der Waals surface area contributed by atoms with Gasteiger partial charge in [0.25, 0.3) is 0 Å². The first-order valence-electron chi connectivity index (χ1n) is 15.7. The van der Waals surface area contributed by atoms with Gasteiger partial charge in [-0.2, -0.15) is 0 Å². The highest BCUT2D eigenvalue weighted by Crippen LogP contribution is 2.29. The zero-order valence-electron chi connectivity index (χ0n) is 27.7. The number of ether oxygens (including phenoxy) is 2. The van der Waals surface area contributed by atoms with Crippen LogP contribution in [0.25, 0.3) is 0 Å². The van der Waals surface area contributed by atoms with Gasteiger partial charge in [-0.05, 0) is 30.2 Å².